The van der Waals surface area contributed by atoms with Gasteiger partial charge in [0.15, 0.2) is 5.82 Å². The third-order valence-electron chi connectivity index (χ3n) is 2.67. The normalized spacial score (nSPS) is 10.4. The van der Waals surface area contributed by atoms with E-state index >= 15 is 0 Å². The first-order valence-corrected chi connectivity index (χ1v) is 6.75. The fourth-order valence-electron chi connectivity index (χ4n) is 1.78. The van der Waals surface area contributed by atoms with Crippen LogP contribution in [0.15, 0.2) is 53.9 Å². The van der Waals surface area contributed by atoms with Crippen LogP contribution in [0.2, 0.25) is 0 Å². The first-order chi connectivity index (χ1) is 9.83. The zero-order valence-corrected chi connectivity index (χ0v) is 12.0. The first-order valence-electron chi connectivity index (χ1n) is 5.96. The summed E-state index contributed by atoms with van der Waals surface area (Å²) in [7, 11) is 0. The van der Waals surface area contributed by atoms with Crippen LogP contribution in [0, 0.1) is 0 Å². The van der Waals surface area contributed by atoms with Crippen LogP contribution in [0.3, 0.4) is 0 Å². The van der Waals surface area contributed by atoms with Crippen molar-refractivity contribution in [3.8, 4) is 5.82 Å². The molecule has 3 aromatic rings. The lowest BCUT2D eigenvalue weighted by atomic mass is 10.3. The quantitative estimate of drug-likeness (QED) is 0.795. The molecule has 0 unspecified atom stereocenters. The van der Waals surface area contributed by atoms with Gasteiger partial charge in [-0.3, -0.25) is 4.98 Å². The van der Waals surface area contributed by atoms with Gasteiger partial charge in [0, 0.05) is 29.6 Å². The summed E-state index contributed by atoms with van der Waals surface area (Å²) in [4.78, 5) is 12.4. The van der Waals surface area contributed by atoms with Crippen LogP contribution in [0.1, 0.15) is 5.56 Å². The monoisotopic (exact) mass is 330 g/mol. The number of anilines is 1. The third-order valence-corrected chi connectivity index (χ3v) is 3.10. The average Bonchev–Trinajstić information content (AvgIpc) is 3.00. The van der Waals surface area contributed by atoms with Crippen molar-refractivity contribution in [2.24, 2.45) is 0 Å². The molecule has 0 aliphatic rings. The molecule has 0 amide bonds. The summed E-state index contributed by atoms with van der Waals surface area (Å²) in [6.45, 7) is 0.653. The van der Waals surface area contributed by atoms with E-state index in [4.69, 9.17) is 0 Å². The SMILES string of the molecule is Brc1cncc(CNc2cccnc2-n2cncn2)c1. The topological polar surface area (TPSA) is 68.5 Å². The lowest BCUT2D eigenvalue weighted by Crippen LogP contribution is -2.06. The largest absolute Gasteiger partial charge is 0.378 e. The van der Waals surface area contributed by atoms with E-state index < -0.39 is 0 Å². The number of pyridine rings is 2. The van der Waals surface area contributed by atoms with Crippen molar-refractivity contribution < 1.29 is 0 Å². The van der Waals surface area contributed by atoms with E-state index in [-0.39, 0.29) is 0 Å². The molecule has 20 heavy (non-hydrogen) atoms. The van der Waals surface area contributed by atoms with E-state index in [9.17, 15) is 0 Å². The van der Waals surface area contributed by atoms with Crippen molar-refractivity contribution >= 4 is 21.6 Å². The molecule has 0 saturated carbocycles. The van der Waals surface area contributed by atoms with Crippen LogP contribution in [0.4, 0.5) is 5.69 Å². The highest BCUT2D eigenvalue weighted by Gasteiger charge is 2.06. The second kappa shape index (κ2) is 5.79. The van der Waals surface area contributed by atoms with Gasteiger partial charge in [-0.2, -0.15) is 5.10 Å². The Kier molecular flexibility index (Phi) is 3.69. The molecule has 7 heteroatoms. The maximum atomic E-state index is 4.32. The summed E-state index contributed by atoms with van der Waals surface area (Å²) in [5.41, 5.74) is 1.96. The van der Waals surface area contributed by atoms with Crippen molar-refractivity contribution in [2.45, 2.75) is 6.54 Å². The minimum absolute atomic E-state index is 0.653. The average molecular weight is 331 g/mol. The van der Waals surface area contributed by atoms with Crippen molar-refractivity contribution in [3.05, 3.63) is 59.5 Å². The highest BCUT2D eigenvalue weighted by Crippen LogP contribution is 2.17. The van der Waals surface area contributed by atoms with Gasteiger partial charge in [-0.1, -0.05) is 0 Å². The molecule has 3 rings (SSSR count). The zero-order chi connectivity index (χ0) is 13.8. The predicted octanol–water partition coefficient (Wildman–Crippen LogP) is 2.43. The lowest BCUT2D eigenvalue weighted by molar-refractivity contribution is 0.844. The predicted molar refractivity (Wildman–Crippen MR) is 78.4 cm³/mol. The molecule has 0 fully saturated rings. The molecule has 0 saturated heterocycles. The fourth-order valence-corrected chi connectivity index (χ4v) is 2.20. The molecule has 0 radical (unpaired) electrons. The number of rotatable bonds is 4. The standard InChI is InChI=1S/C13H11BrN6/c14-11-4-10(5-15-7-11)6-18-12-2-1-3-17-13(12)20-9-16-8-19-20/h1-5,7-9,18H,6H2. The van der Waals surface area contributed by atoms with E-state index in [1.165, 1.54) is 6.33 Å². The van der Waals surface area contributed by atoms with Gasteiger partial charge in [0.25, 0.3) is 0 Å². The molecule has 0 aliphatic carbocycles. The highest BCUT2D eigenvalue weighted by atomic mass is 79.9. The number of halogens is 1. The molecule has 0 spiro atoms. The molecule has 6 nitrogen and oxygen atoms in total. The second-order valence-electron chi connectivity index (χ2n) is 4.08. The van der Waals surface area contributed by atoms with Gasteiger partial charge in [0.1, 0.15) is 12.7 Å². The van der Waals surface area contributed by atoms with Crippen molar-refractivity contribution in [1.29, 1.82) is 0 Å². The minimum atomic E-state index is 0.653. The Labute approximate surface area is 124 Å². The maximum Gasteiger partial charge on any atom is 0.178 e. The minimum Gasteiger partial charge on any atom is -0.378 e. The van der Waals surface area contributed by atoms with Crippen LogP contribution in [0.25, 0.3) is 5.82 Å². The second-order valence-corrected chi connectivity index (χ2v) is 5.00. The molecular weight excluding hydrogens is 320 g/mol. The molecule has 0 atom stereocenters. The molecule has 1 N–H and O–H groups in total. The summed E-state index contributed by atoms with van der Waals surface area (Å²) >= 11 is 3.41. The van der Waals surface area contributed by atoms with Crippen LogP contribution in [-0.4, -0.2) is 24.7 Å². The van der Waals surface area contributed by atoms with Crippen molar-refractivity contribution in [3.63, 3.8) is 0 Å². The number of hydrogen-bond donors (Lipinski definition) is 1. The van der Waals surface area contributed by atoms with Crippen LogP contribution < -0.4 is 5.32 Å². The van der Waals surface area contributed by atoms with Gasteiger partial charge in [-0.15, -0.1) is 0 Å². The van der Waals surface area contributed by atoms with Crippen LogP contribution >= 0.6 is 15.9 Å². The van der Waals surface area contributed by atoms with Gasteiger partial charge in [0.05, 0.1) is 5.69 Å². The molecule has 0 aliphatic heterocycles. The Balaban J connectivity index is 1.81. The third kappa shape index (κ3) is 2.83. The van der Waals surface area contributed by atoms with Crippen molar-refractivity contribution in [2.75, 3.05) is 5.32 Å². The van der Waals surface area contributed by atoms with Gasteiger partial charge >= 0.3 is 0 Å². The molecule has 0 bridgehead atoms. The summed E-state index contributed by atoms with van der Waals surface area (Å²) in [5, 5.41) is 7.43. The van der Waals surface area contributed by atoms with E-state index in [1.807, 2.05) is 24.4 Å². The fraction of sp³-hybridized carbons (Fsp3) is 0.0769. The highest BCUT2D eigenvalue weighted by molar-refractivity contribution is 9.10. The van der Waals surface area contributed by atoms with Gasteiger partial charge in [-0.05, 0) is 39.7 Å². The van der Waals surface area contributed by atoms with Crippen molar-refractivity contribution in [1.82, 2.24) is 24.7 Å². The molecule has 3 aromatic heterocycles. The van der Waals surface area contributed by atoms with Gasteiger partial charge in [0.2, 0.25) is 0 Å². The van der Waals surface area contributed by atoms with E-state index in [2.05, 4.69) is 41.3 Å². The Bertz CT molecular complexity index is 698. The molecule has 100 valence electrons. The van der Waals surface area contributed by atoms with E-state index in [0.29, 0.717) is 12.4 Å². The summed E-state index contributed by atoms with van der Waals surface area (Å²) in [6, 6.07) is 5.85. The molecule has 3 heterocycles. The number of aromatic nitrogens is 5. The Hall–Kier alpha value is -2.28. The summed E-state index contributed by atoms with van der Waals surface area (Å²) in [6.07, 6.45) is 8.41. The van der Waals surface area contributed by atoms with E-state index in [1.54, 1.807) is 23.4 Å². The Morgan fingerprint density at radius 3 is 3.00 bits per heavy atom. The first kappa shape index (κ1) is 12.7. The number of nitrogens with zero attached hydrogens (tertiary/aromatic N) is 5. The smallest absolute Gasteiger partial charge is 0.178 e. The zero-order valence-electron chi connectivity index (χ0n) is 10.4. The lowest BCUT2D eigenvalue weighted by Gasteiger charge is -2.10. The van der Waals surface area contributed by atoms with Gasteiger partial charge in [-0.25, -0.2) is 14.6 Å². The number of nitrogens with one attached hydrogen (secondary N) is 1. The Morgan fingerprint density at radius 1 is 1.25 bits per heavy atom. The molecule has 0 aromatic carbocycles. The Morgan fingerprint density at radius 2 is 2.20 bits per heavy atom. The van der Waals surface area contributed by atoms with Crippen LogP contribution in [0.5, 0.6) is 0 Å². The van der Waals surface area contributed by atoms with Gasteiger partial charge < -0.3 is 5.32 Å². The van der Waals surface area contributed by atoms with E-state index in [0.717, 1.165) is 15.7 Å². The summed E-state index contributed by atoms with van der Waals surface area (Å²) < 4.78 is 2.58. The van der Waals surface area contributed by atoms with Crippen LogP contribution in [-0.2, 0) is 6.54 Å². The maximum absolute atomic E-state index is 4.32. The summed E-state index contributed by atoms with van der Waals surface area (Å²) in [5.74, 6) is 0.716. The number of hydrogen-bond acceptors (Lipinski definition) is 5. The molecular formula is C13H11BrN6.